The van der Waals surface area contributed by atoms with Gasteiger partial charge in [-0.05, 0) is 49.6 Å². The highest BCUT2D eigenvalue weighted by molar-refractivity contribution is 8.00. The van der Waals surface area contributed by atoms with Crippen LogP contribution in [0, 0.1) is 6.92 Å². The molecular weight excluding hydrogens is 278 g/mol. The van der Waals surface area contributed by atoms with Gasteiger partial charge in [0.25, 0.3) is 0 Å². The molecule has 2 aromatic rings. The molecule has 2 N–H and O–H groups in total. The van der Waals surface area contributed by atoms with Crippen LogP contribution in [-0.4, -0.2) is 18.4 Å². The van der Waals surface area contributed by atoms with Crippen molar-refractivity contribution in [3.05, 3.63) is 59.2 Å². The van der Waals surface area contributed by atoms with Crippen LogP contribution in [0.1, 0.15) is 16.7 Å². The fraction of sp³-hybridized carbons (Fsp3) is 0.333. The number of fused-ring (bicyclic) bond motifs is 1. The predicted octanol–water partition coefficient (Wildman–Crippen LogP) is 3.59. The van der Waals surface area contributed by atoms with Crippen molar-refractivity contribution in [3.8, 4) is 5.75 Å². The lowest BCUT2D eigenvalue weighted by Crippen LogP contribution is -2.15. The van der Waals surface area contributed by atoms with Crippen molar-refractivity contribution < 1.29 is 4.74 Å². The molecule has 0 saturated heterocycles. The first-order valence-corrected chi connectivity index (χ1v) is 8.31. The normalized spacial score (nSPS) is 16.8. The van der Waals surface area contributed by atoms with Crippen LogP contribution in [0.4, 0.5) is 0 Å². The molecule has 0 radical (unpaired) electrons. The molecule has 0 amide bonds. The van der Waals surface area contributed by atoms with Gasteiger partial charge in [-0.2, -0.15) is 0 Å². The summed E-state index contributed by atoms with van der Waals surface area (Å²) < 4.78 is 6.08. The zero-order valence-corrected chi connectivity index (χ0v) is 13.2. The molecule has 0 bridgehead atoms. The third kappa shape index (κ3) is 3.42. The maximum absolute atomic E-state index is 6.08. The summed E-state index contributed by atoms with van der Waals surface area (Å²) >= 11 is 1.93. The van der Waals surface area contributed by atoms with Gasteiger partial charge in [0.1, 0.15) is 12.4 Å². The van der Waals surface area contributed by atoms with Gasteiger partial charge >= 0.3 is 0 Å². The molecule has 3 rings (SSSR count). The van der Waals surface area contributed by atoms with Crippen LogP contribution in [-0.2, 0) is 12.8 Å². The van der Waals surface area contributed by atoms with Crippen molar-refractivity contribution in [1.82, 2.24) is 0 Å². The van der Waals surface area contributed by atoms with E-state index in [2.05, 4.69) is 49.4 Å². The van der Waals surface area contributed by atoms with E-state index in [1.54, 1.807) is 0 Å². The minimum Gasteiger partial charge on any atom is -0.492 e. The maximum Gasteiger partial charge on any atom is 0.122 e. The molecule has 0 aliphatic carbocycles. The first-order valence-electron chi connectivity index (χ1n) is 7.43. The van der Waals surface area contributed by atoms with Gasteiger partial charge in [0.15, 0.2) is 0 Å². The SMILES string of the molecule is Cc1ccc(OCC2Cc3ccccc3S2)c(CCN)c1. The van der Waals surface area contributed by atoms with Gasteiger partial charge < -0.3 is 10.5 Å². The van der Waals surface area contributed by atoms with Crippen molar-refractivity contribution in [1.29, 1.82) is 0 Å². The molecule has 110 valence electrons. The topological polar surface area (TPSA) is 35.2 Å². The third-order valence-corrected chi connectivity index (χ3v) is 5.06. The van der Waals surface area contributed by atoms with Crippen molar-refractivity contribution >= 4 is 11.8 Å². The first kappa shape index (κ1) is 14.5. The standard InChI is InChI=1S/C18H21NOS/c1-13-6-7-17(14(10-13)8-9-19)20-12-16-11-15-4-2-3-5-18(15)21-16/h2-7,10,16H,8-9,11-12,19H2,1H3. The second kappa shape index (κ2) is 6.54. The smallest absolute Gasteiger partial charge is 0.122 e. The Hall–Kier alpha value is -1.45. The van der Waals surface area contributed by atoms with Crippen LogP contribution in [0.5, 0.6) is 5.75 Å². The molecule has 1 aliphatic heterocycles. The number of nitrogens with two attached hydrogens (primary N) is 1. The Morgan fingerprint density at radius 2 is 2.10 bits per heavy atom. The van der Waals surface area contributed by atoms with Crippen LogP contribution >= 0.6 is 11.8 Å². The van der Waals surface area contributed by atoms with Crippen molar-refractivity contribution in [2.24, 2.45) is 5.73 Å². The van der Waals surface area contributed by atoms with E-state index in [1.807, 2.05) is 11.8 Å². The molecule has 0 saturated carbocycles. The molecule has 0 spiro atoms. The summed E-state index contributed by atoms with van der Waals surface area (Å²) in [7, 11) is 0. The monoisotopic (exact) mass is 299 g/mol. The fourth-order valence-electron chi connectivity index (χ4n) is 2.73. The van der Waals surface area contributed by atoms with Crippen LogP contribution in [0.25, 0.3) is 0 Å². The Bertz CT molecular complexity index is 601. The van der Waals surface area contributed by atoms with Crippen LogP contribution in [0.2, 0.25) is 0 Å². The molecule has 1 unspecified atom stereocenters. The maximum atomic E-state index is 6.08. The molecule has 1 aliphatic rings. The highest BCUT2D eigenvalue weighted by atomic mass is 32.2. The van der Waals surface area contributed by atoms with Gasteiger partial charge in [0.05, 0.1) is 0 Å². The molecule has 0 aromatic heterocycles. The summed E-state index contributed by atoms with van der Waals surface area (Å²) in [5.41, 5.74) is 9.62. The summed E-state index contributed by atoms with van der Waals surface area (Å²) in [6.07, 6.45) is 1.97. The lowest BCUT2D eigenvalue weighted by atomic mass is 10.1. The van der Waals surface area contributed by atoms with E-state index in [4.69, 9.17) is 10.5 Å². The average molecular weight is 299 g/mol. The van der Waals surface area contributed by atoms with E-state index in [1.165, 1.54) is 21.6 Å². The lowest BCUT2D eigenvalue weighted by Gasteiger charge is -2.14. The van der Waals surface area contributed by atoms with Crippen LogP contribution in [0.15, 0.2) is 47.4 Å². The van der Waals surface area contributed by atoms with E-state index < -0.39 is 0 Å². The second-order valence-corrected chi connectivity index (χ2v) is 6.85. The second-order valence-electron chi connectivity index (χ2n) is 5.51. The van der Waals surface area contributed by atoms with Crippen molar-refractivity contribution in [3.63, 3.8) is 0 Å². The van der Waals surface area contributed by atoms with Crippen LogP contribution < -0.4 is 10.5 Å². The van der Waals surface area contributed by atoms with E-state index in [0.717, 1.165) is 25.2 Å². The Morgan fingerprint density at radius 1 is 1.24 bits per heavy atom. The quantitative estimate of drug-likeness (QED) is 0.916. The Labute approximate surface area is 130 Å². The number of hydrogen-bond acceptors (Lipinski definition) is 3. The zero-order valence-electron chi connectivity index (χ0n) is 12.3. The number of rotatable bonds is 5. The van der Waals surface area contributed by atoms with E-state index in [0.29, 0.717) is 11.8 Å². The summed E-state index contributed by atoms with van der Waals surface area (Å²) in [6.45, 7) is 3.51. The van der Waals surface area contributed by atoms with Gasteiger partial charge in [-0.25, -0.2) is 0 Å². The number of ether oxygens (including phenoxy) is 1. The summed E-state index contributed by atoms with van der Waals surface area (Å²) in [5, 5.41) is 0.509. The minimum atomic E-state index is 0.509. The summed E-state index contributed by atoms with van der Waals surface area (Å²) in [5.74, 6) is 0.989. The highest BCUT2D eigenvalue weighted by Gasteiger charge is 2.22. The molecule has 1 atom stereocenters. The number of hydrogen-bond donors (Lipinski definition) is 1. The molecule has 0 fully saturated rings. The predicted molar refractivity (Wildman–Crippen MR) is 89.2 cm³/mol. The Morgan fingerprint density at radius 3 is 2.90 bits per heavy atom. The summed E-state index contributed by atoms with van der Waals surface area (Å²) in [4.78, 5) is 1.40. The minimum absolute atomic E-state index is 0.509. The zero-order chi connectivity index (χ0) is 14.7. The Kier molecular flexibility index (Phi) is 4.51. The number of thioether (sulfide) groups is 1. The molecular formula is C18H21NOS. The molecule has 2 aromatic carbocycles. The van der Waals surface area contributed by atoms with Gasteiger partial charge in [0.2, 0.25) is 0 Å². The average Bonchev–Trinajstić information content (AvgIpc) is 2.89. The number of aryl methyl sites for hydroxylation is 1. The fourth-order valence-corrected chi connectivity index (χ4v) is 3.95. The van der Waals surface area contributed by atoms with Crippen molar-refractivity contribution in [2.45, 2.75) is 29.9 Å². The molecule has 2 nitrogen and oxygen atoms in total. The molecule has 1 heterocycles. The van der Waals surface area contributed by atoms with Crippen molar-refractivity contribution in [2.75, 3.05) is 13.2 Å². The van der Waals surface area contributed by atoms with Gasteiger partial charge in [0, 0.05) is 10.1 Å². The third-order valence-electron chi connectivity index (χ3n) is 3.77. The van der Waals surface area contributed by atoms with Gasteiger partial charge in [-0.15, -0.1) is 11.8 Å². The summed E-state index contributed by atoms with van der Waals surface area (Å²) in [6, 6.07) is 15.0. The lowest BCUT2D eigenvalue weighted by molar-refractivity contribution is 0.314. The van der Waals surface area contributed by atoms with Crippen LogP contribution in [0.3, 0.4) is 0 Å². The molecule has 3 heteroatoms. The van der Waals surface area contributed by atoms with E-state index >= 15 is 0 Å². The largest absolute Gasteiger partial charge is 0.492 e. The first-order chi connectivity index (χ1) is 10.3. The van der Waals surface area contributed by atoms with Gasteiger partial charge in [-0.1, -0.05) is 35.9 Å². The van der Waals surface area contributed by atoms with E-state index in [-0.39, 0.29) is 0 Å². The molecule has 21 heavy (non-hydrogen) atoms. The number of benzene rings is 2. The van der Waals surface area contributed by atoms with E-state index in [9.17, 15) is 0 Å². The highest BCUT2D eigenvalue weighted by Crippen LogP contribution is 2.37. The Balaban J connectivity index is 1.64. The van der Waals surface area contributed by atoms with Gasteiger partial charge in [-0.3, -0.25) is 0 Å².